The van der Waals surface area contributed by atoms with Crippen molar-refractivity contribution in [3.8, 4) is 0 Å². The van der Waals surface area contributed by atoms with Crippen molar-refractivity contribution in [2.24, 2.45) is 5.92 Å². The van der Waals surface area contributed by atoms with E-state index in [9.17, 15) is 4.79 Å². The fourth-order valence-corrected chi connectivity index (χ4v) is 2.79. The molecule has 4 nitrogen and oxygen atoms in total. The number of rotatable bonds is 6. The zero-order valence-electron chi connectivity index (χ0n) is 13.2. The third kappa shape index (κ3) is 4.77. The molecule has 0 aromatic carbocycles. The Kier molecular flexibility index (Phi) is 6.80. The van der Waals surface area contributed by atoms with Gasteiger partial charge in [-0.2, -0.15) is 0 Å². The molecule has 1 amide bonds. The molecule has 112 valence electrons. The smallest absolute Gasteiger partial charge is 0.237 e. The Bertz CT molecular complexity index is 281. The van der Waals surface area contributed by atoms with Gasteiger partial charge in [0.25, 0.3) is 0 Å². The molecule has 4 heteroatoms. The van der Waals surface area contributed by atoms with Gasteiger partial charge in [-0.25, -0.2) is 0 Å². The average molecular weight is 269 g/mol. The van der Waals surface area contributed by atoms with Gasteiger partial charge in [0, 0.05) is 18.6 Å². The summed E-state index contributed by atoms with van der Waals surface area (Å²) in [6.45, 7) is 10.3. The second-order valence-electron chi connectivity index (χ2n) is 6.19. The Hall–Kier alpha value is -0.610. The second kappa shape index (κ2) is 7.85. The summed E-state index contributed by atoms with van der Waals surface area (Å²) in [5.74, 6) is 0.674. The molecule has 1 rings (SSSR count). The maximum Gasteiger partial charge on any atom is 0.237 e. The van der Waals surface area contributed by atoms with Crippen LogP contribution in [0.1, 0.15) is 47.0 Å². The lowest BCUT2D eigenvalue weighted by Crippen LogP contribution is -2.57. The summed E-state index contributed by atoms with van der Waals surface area (Å²) in [5.41, 5.74) is 0. The highest BCUT2D eigenvalue weighted by Crippen LogP contribution is 2.22. The Balaban J connectivity index is 2.60. The maximum absolute atomic E-state index is 12.2. The number of likely N-dealkylation sites (tertiary alicyclic amines) is 1. The summed E-state index contributed by atoms with van der Waals surface area (Å²) in [6.07, 6.45) is 3.66. The predicted octanol–water partition coefficient (Wildman–Crippen LogP) is 1.61. The van der Waals surface area contributed by atoms with E-state index >= 15 is 0 Å². The predicted molar refractivity (Wildman–Crippen MR) is 80.2 cm³/mol. The van der Waals surface area contributed by atoms with Crippen LogP contribution >= 0.6 is 0 Å². The fourth-order valence-electron chi connectivity index (χ4n) is 2.79. The molecule has 0 saturated carbocycles. The first kappa shape index (κ1) is 16.4. The van der Waals surface area contributed by atoms with Gasteiger partial charge in [-0.1, -0.05) is 20.3 Å². The number of likely N-dealkylation sites (N-methyl/N-ethyl adjacent to an activating group) is 1. The molecule has 1 aliphatic heterocycles. The van der Waals surface area contributed by atoms with E-state index in [4.69, 9.17) is 0 Å². The molecular formula is C15H31N3O. The molecule has 0 aromatic heterocycles. The monoisotopic (exact) mass is 269 g/mol. The number of nitrogens with one attached hydrogen (secondary N) is 2. The molecule has 0 radical (unpaired) electrons. The maximum atomic E-state index is 12.2. The number of nitrogens with zero attached hydrogens (tertiary/aromatic N) is 1. The zero-order chi connectivity index (χ0) is 14.4. The van der Waals surface area contributed by atoms with Crippen LogP contribution in [0.25, 0.3) is 0 Å². The summed E-state index contributed by atoms with van der Waals surface area (Å²) in [4.78, 5) is 14.6. The van der Waals surface area contributed by atoms with E-state index in [-0.39, 0.29) is 11.9 Å². The van der Waals surface area contributed by atoms with Gasteiger partial charge in [0.15, 0.2) is 0 Å². The molecule has 0 aliphatic carbocycles. The molecule has 2 N–H and O–H groups in total. The number of carbonyl (C=O) groups excluding carboxylic acids is 1. The molecule has 0 spiro atoms. The molecule has 0 aromatic rings. The van der Waals surface area contributed by atoms with Crippen LogP contribution < -0.4 is 10.6 Å². The van der Waals surface area contributed by atoms with Gasteiger partial charge >= 0.3 is 0 Å². The first-order chi connectivity index (χ1) is 8.97. The van der Waals surface area contributed by atoms with Gasteiger partial charge in [0.1, 0.15) is 0 Å². The quantitative estimate of drug-likeness (QED) is 0.770. The minimum atomic E-state index is -0.0279. The highest BCUT2D eigenvalue weighted by molar-refractivity contribution is 5.81. The average Bonchev–Trinajstić information content (AvgIpc) is 2.42. The lowest BCUT2D eigenvalue weighted by molar-refractivity contribution is -0.127. The van der Waals surface area contributed by atoms with Gasteiger partial charge in [0.05, 0.1) is 6.04 Å². The van der Waals surface area contributed by atoms with E-state index in [0.717, 1.165) is 13.1 Å². The molecule has 19 heavy (non-hydrogen) atoms. The normalized spacial score (nSPS) is 24.2. The van der Waals surface area contributed by atoms with E-state index in [1.54, 1.807) is 0 Å². The summed E-state index contributed by atoms with van der Waals surface area (Å²) < 4.78 is 0. The molecule has 1 saturated heterocycles. The molecule has 1 aliphatic rings. The molecule has 1 heterocycles. The minimum absolute atomic E-state index is 0.0279. The van der Waals surface area contributed by atoms with Crippen molar-refractivity contribution < 1.29 is 4.79 Å². The molecular weight excluding hydrogens is 238 g/mol. The lowest BCUT2D eigenvalue weighted by Gasteiger charge is -2.42. The molecule has 1 fully saturated rings. The highest BCUT2D eigenvalue weighted by atomic mass is 16.2. The van der Waals surface area contributed by atoms with Gasteiger partial charge in [0.2, 0.25) is 5.91 Å². The minimum Gasteiger partial charge on any atom is -0.354 e. The van der Waals surface area contributed by atoms with E-state index in [1.165, 1.54) is 19.3 Å². The van der Waals surface area contributed by atoms with Crippen molar-refractivity contribution in [3.05, 3.63) is 0 Å². The Morgan fingerprint density at radius 2 is 1.95 bits per heavy atom. The van der Waals surface area contributed by atoms with Crippen LogP contribution in [0, 0.1) is 5.92 Å². The third-order valence-electron chi connectivity index (χ3n) is 4.19. The largest absolute Gasteiger partial charge is 0.354 e. The van der Waals surface area contributed by atoms with Crippen molar-refractivity contribution in [1.82, 2.24) is 15.5 Å². The summed E-state index contributed by atoms with van der Waals surface area (Å²) >= 11 is 0. The SMILES string of the molecule is CNC(C)C1CCCCN1C(C)C(=O)NCC(C)C. The van der Waals surface area contributed by atoms with Crippen LogP contribution in [-0.4, -0.2) is 49.1 Å². The van der Waals surface area contributed by atoms with Gasteiger partial charge in [-0.15, -0.1) is 0 Å². The van der Waals surface area contributed by atoms with Crippen LogP contribution in [0.4, 0.5) is 0 Å². The fraction of sp³-hybridized carbons (Fsp3) is 0.933. The topological polar surface area (TPSA) is 44.4 Å². The first-order valence-electron chi connectivity index (χ1n) is 7.68. The Morgan fingerprint density at radius 3 is 2.53 bits per heavy atom. The first-order valence-corrected chi connectivity index (χ1v) is 7.68. The van der Waals surface area contributed by atoms with Crippen LogP contribution in [0.5, 0.6) is 0 Å². The van der Waals surface area contributed by atoms with Crippen molar-refractivity contribution in [2.75, 3.05) is 20.1 Å². The molecule has 3 unspecified atom stereocenters. The standard InChI is InChI=1S/C15H31N3O/c1-11(2)10-17-15(19)13(4)18-9-7-6-8-14(18)12(3)16-5/h11-14,16H,6-10H2,1-5H3,(H,17,19). The van der Waals surface area contributed by atoms with E-state index < -0.39 is 0 Å². The zero-order valence-corrected chi connectivity index (χ0v) is 13.2. The Morgan fingerprint density at radius 1 is 1.26 bits per heavy atom. The summed E-state index contributed by atoms with van der Waals surface area (Å²) in [5, 5.41) is 6.39. The second-order valence-corrected chi connectivity index (χ2v) is 6.19. The lowest BCUT2D eigenvalue weighted by atomic mass is 9.94. The number of carbonyl (C=O) groups is 1. The van der Waals surface area contributed by atoms with Gasteiger partial charge in [-0.3, -0.25) is 9.69 Å². The summed E-state index contributed by atoms with van der Waals surface area (Å²) in [7, 11) is 2.00. The number of hydrogen-bond acceptors (Lipinski definition) is 3. The Labute approximate surface area is 118 Å². The van der Waals surface area contributed by atoms with E-state index in [2.05, 4.69) is 36.3 Å². The summed E-state index contributed by atoms with van der Waals surface area (Å²) in [6, 6.07) is 0.874. The van der Waals surface area contributed by atoms with Crippen molar-refractivity contribution >= 4 is 5.91 Å². The highest BCUT2D eigenvalue weighted by Gasteiger charge is 2.32. The van der Waals surface area contributed by atoms with Crippen LogP contribution in [0.2, 0.25) is 0 Å². The van der Waals surface area contributed by atoms with E-state index in [1.807, 2.05) is 14.0 Å². The molecule has 0 bridgehead atoms. The molecule has 3 atom stereocenters. The number of hydrogen-bond donors (Lipinski definition) is 2. The van der Waals surface area contributed by atoms with Crippen LogP contribution in [-0.2, 0) is 4.79 Å². The van der Waals surface area contributed by atoms with Crippen molar-refractivity contribution in [1.29, 1.82) is 0 Å². The van der Waals surface area contributed by atoms with Crippen molar-refractivity contribution in [2.45, 2.75) is 65.1 Å². The third-order valence-corrected chi connectivity index (χ3v) is 4.19. The van der Waals surface area contributed by atoms with Crippen LogP contribution in [0.3, 0.4) is 0 Å². The number of piperidine rings is 1. The van der Waals surface area contributed by atoms with E-state index in [0.29, 0.717) is 18.0 Å². The van der Waals surface area contributed by atoms with Gasteiger partial charge in [-0.05, 0) is 46.2 Å². The van der Waals surface area contributed by atoms with Crippen LogP contribution in [0.15, 0.2) is 0 Å². The van der Waals surface area contributed by atoms with Gasteiger partial charge < -0.3 is 10.6 Å². The van der Waals surface area contributed by atoms with Crippen molar-refractivity contribution in [3.63, 3.8) is 0 Å². The number of amides is 1.